The van der Waals surface area contributed by atoms with Crippen LogP contribution in [0.1, 0.15) is 33.9 Å². The second kappa shape index (κ2) is 11.8. The minimum absolute atomic E-state index is 0.00539. The fourth-order valence-electron chi connectivity index (χ4n) is 2.78. The molecule has 162 valence electrons. The number of benzene rings is 2. The van der Waals surface area contributed by atoms with Gasteiger partial charge in [0.2, 0.25) is 5.91 Å². The van der Waals surface area contributed by atoms with Crippen LogP contribution in [0.2, 0.25) is 0 Å². The number of halogens is 1. The van der Waals surface area contributed by atoms with Crippen LogP contribution in [0.4, 0.5) is 4.39 Å². The molecule has 0 saturated carbocycles. The molecule has 2 N–H and O–H groups in total. The Hall–Kier alpha value is -3.26. The number of rotatable bonds is 11. The Morgan fingerprint density at radius 3 is 2.55 bits per heavy atom. The predicted molar refractivity (Wildman–Crippen MR) is 118 cm³/mol. The fourth-order valence-corrected chi connectivity index (χ4v) is 3.47. The molecule has 0 fully saturated rings. The van der Waals surface area contributed by atoms with Gasteiger partial charge in [-0.1, -0.05) is 42.5 Å². The van der Waals surface area contributed by atoms with E-state index < -0.39 is 5.82 Å². The monoisotopic (exact) mass is 441 g/mol. The number of amides is 2. The van der Waals surface area contributed by atoms with E-state index in [2.05, 4.69) is 15.6 Å². The Kier molecular flexibility index (Phi) is 8.54. The zero-order valence-corrected chi connectivity index (χ0v) is 17.8. The summed E-state index contributed by atoms with van der Waals surface area (Å²) in [6.07, 6.45) is 1.76. The first-order valence-corrected chi connectivity index (χ1v) is 10.9. The van der Waals surface area contributed by atoms with Gasteiger partial charge in [0.05, 0.1) is 0 Å². The molecule has 0 atom stereocenters. The standard InChI is InChI=1S/C23H24FN3O3S/c24-18-9-4-5-10-20(18)30-15-22-27-19(16-31-22)23(29)26-14-6-13-25-21(28)12-11-17-7-2-1-3-8-17/h1-5,7-10,16H,6,11-15H2,(H,25,28)(H,26,29). The molecule has 0 aliphatic carbocycles. The molecule has 0 unspecified atom stereocenters. The van der Waals surface area contributed by atoms with Gasteiger partial charge in [-0.05, 0) is 30.5 Å². The van der Waals surface area contributed by atoms with Crippen molar-refractivity contribution in [3.05, 3.63) is 82.1 Å². The van der Waals surface area contributed by atoms with E-state index in [0.29, 0.717) is 43.1 Å². The van der Waals surface area contributed by atoms with Crippen molar-refractivity contribution in [1.82, 2.24) is 15.6 Å². The van der Waals surface area contributed by atoms with Gasteiger partial charge in [0.15, 0.2) is 11.6 Å². The highest BCUT2D eigenvalue weighted by atomic mass is 32.1. The van der Waals surface area contributed by atoms with E-state index in [0.717, 1.165) is 5.56 Å². The van der Waals surface area contributed by atoms with Crippen LogP contribution < -0.4 is 15.4 Å². The minimum atomic E-state index is -0.441. The fraction of sp³-hybridized carbons (Fsp3) is 0.261. The number of aromatic nitrogens is 1. The van der Waals surface area contributed by atoms with Crippen molar-refractivity contribution < 1.29 is 18.7 Å². The van der Waals surface area contributed by atoms with Crippen LogP contribution >= 0.6 is 11.3 Å². The summed E-state index contributed by atoms with van der Waals surface area (Å²) >= 11 is 1.28. The lowest BCUT2D eigenvalue weighted by atomic mass is 10.1. The molecule has 0 aliphatic heterocycles. The quantitative estimate of drug-likeness (QED) is 0.445. The first-order chi connectivity index (χ1) is 15.1. The van der Waals surface area contributed by atoms with E-state index in [1.54, 1.807) is 17.5 Å². The molecule has 0 saturated heterocycles. The van der Waals surface area contributed by atoms with Crippen molar-refractivity contribution in [2.45, 2.75) is 25.9 Å². The normalized spacial score (nSPS) is 10.5. The first-order valence-electron chi connectivity index (χ1n) is 10.0. The number of aryl methyl sites for hydroxylation is 1. The molecule has 0 spiro atoms. The van der Waals surface area contributed by atoms with Crippen LogP contribution in [0.15, 0.2) is 60.0 Å². The molecule has 3 aromatic rings. The van der Waals surface area contributed by atoms with Crippen LogP contribution in [-0.4, -0.2) is 29.9 Å². The summed E-state index contributed by atoms with van der Waals surface area (Å²) in [5.74, 6) is -0.586. The molecule has 6 nitrogen and oxygen atoms in total. The minimum Gasteiger partial charge on any atom is -0.483 e. The molecule has 3 rings (SSSR count). The van der Waals surface area contributed by atoms with Gasteiger partial charge < -0.3 is 15.4 Å². The van der Waals surface area contributed by atoms with Crippen molar-refractivity contribution in [2.75, 3.05) is 13.1 Å². The summed E-state index contributed by atoms with van der Waals surface area (Å²) in [4.78, 5) is 28.3. The lowest BCUT2D eigenvalue weighted by Gasteiger charge is -2.06. The van der Waals surface area contributed by atoms with E-state index in [1.165, 1.54) is 23.5 Å². The summed E-state index contributed by atoms with van der Waals surface area (Å²) < 4.78 is 19.0. The Bertz CT molecular complexity index is 994. The van der Waals surface area contributed by atoms with Gasteiger partial charge in [-0.25, -0.2) is 9.37 Å². The maximum Gasteiger partial charge on any atom is 0.270 e. The highest BCUT2D eigenvalue weighted by Gasteiger charge is 2.11. The number of carbonyl (C=O) groups is 2. The van der Waals surface area contributed by atoms with Crippen LogP contribution in [-0.2, 0) is 17.8 Å². The van der Waals surface area contributed by atoms with Gasteiger partial charge in [0, 0.05) is 24.9 Å². The third kappa shape index (κ3) is 7.49. The molecular weight excluding hydrogens is 417 g/mol. The Morgan fingerprint density at radius 1 is 1.00 bits per heavy atom. The topological polar surface area (TPSA) is 80.3 Å². The lowest BCUT2D eigenvalue weighted by molar-refractivity contribution is -0.121. The number of thiazole rings is 1. The second-order valence-electron chi connectivity index (χ2n) is 6.79. The molecule has 1 aromatic heterocycles. The summed E-state index contributed by atoms with van der Waals surface area (Å²) in [5.41, 5.74) is 1.43. The number of ether oxygens (including phenoxy) is 1. The second-order valence-corrected chi connectivity index (χ2v) is 7.73. The molecular formula is C23H24FN3O3S. The Labute approximate surface area is 184 Å². The summed E-state index contributed by atoms with van der Waals surface area (Å²) in [6, 6.07) is 16.0. The van der Waals surface area contributed by atoms with E-state index in [9.17, 15) is 14.0 Å². The Morgan fingerprint density at radius 2 is 1.74 bits per heavy atom. The van der Waals surface area contributed by atoms with E-state index in [-0.39, 0.29) is 24.2 Å². The number of para-hydroxylation sites is 1. The molecule has 2 amide bonds. The SMILES string of the molecule is O=C(CCc1ccccc1)NCCCNC(=O)c1csc(COc2ccccc2F)n1. The van der Waals surface area contributed by atoms with Gasteiger partial charge in [0.1, 0.15) is 17.3 Å². The van der Waals surface area contributed by atoms with E-state index in [1.807, 2.05) is 30.3 Å². The van der Waals surface area contributed by atoms with E-state index >= 15 is 0 Å². The third-order valence-corrected chi connectivity index (χ3v) is 5.24. The van der Waals surface area contributed by atoms with Crippen LogP contribution in [0.3, 0.4) is 0 Å². The molecule has 0 bridgehead atoms. The zero-order valence-electron chi connectivity index (χ0n) is 17.0. The molecule has 31 heavy (non-hydrogen) atoms. The highest BCUT2D eigenvalue weighted by Crippen LogP contribution is 2.18. The van der Waals surface area contributed by atoms with Crippen molar-refractivity contribution in [3.8, 4) is 5.75 Å². The lowest BCUT2D eigenvalue weighted by Crippen LogP contribution is -2.30. The smallest absolute Gasteiger partial charge is 0.270 e. The molecule has 0 aliphatic rings. The van der Waals surface area contributed by atoms with Crippen LogP contribution in [0.25, 0.3) is 0 Å². The molecule has 2 aromatic carbocycles. The number of hydrogen-bond acceptors (Lipinski definition) is 5. The molecule has 8 heteroatoms. The van der Waals surface area contributed by atoms with Crippen molar-refractivity contribution in [1.29, 1.82) is 0 Å². The summed E-state index contributed by atoms with van der Waals surface area (Å²) in [5, 5.41) is 7.86. The summed E-state index contributed by atoms with van der Waals surface area (Å²) in [6.45, 7) is 1.01. The van der Waals surface area contributed by atoms with Gasteiger partial charge in [-0.2, -0.15) is 0 Å². The van der Waals surface area contributed by atoms with Crippen molar-refractivity contribution >= 4 is 23.2 Å². The van der Waals surface area contributed by atoms with Gasteiger partial charge >= 0.3 is 0 Å². The molecule has 1 heterocycles. The number of hydrogen-bond donors (Lipinski definition) is 2. The number of nitrogens with one attached hydrogen (secondary N) is 2. The number of carbonyl (C=O) groups excluding carboxylic acids is 2. The maximum absolute atomic E-state index is 13.6. The van der Waals surface area contributed by atoms with Gasteiger partial charge in [-0.15, -0.1) is 11.3 Å². The first kappa shape index (κ1) is 22.4. The summed E-state index contributed by atoms with van der Waals surface area (Å²) in [7, 11) is 0. The van der Waals surface area contributed by atoms with Crippen molar-refractivity contribution in [2.24, 2.45) is 0 Å². The van der Waals surface area contributed by atoms with Gasteiger partial charge in [-0.3, -0.25) is 9.59 Å². The Balaban J connectivity index is 1.30. The predicted octanol–water partition coefficient (Wildman–Crippen LogP) is 3.73. The van der Waals surface area contributed by atoms with Crippen LogP contribution in [0.5, 0.6) is 5.75 Å². The molecule has 0 radical (unpaired) electrons. The van der Waals surface area contributed by atoms with Crippen LogP contribution in [0, 0.1) is 5.82 Å². The van der Waals surface area contributed by atoms with E-state index in [4.69, 9.17) is 4.74 Å². The third-order valence-electron chi connectivity index (χ3n) is 4.42. The largest absolute Gasteiger partial charge is 0.483 e. The average molecular weight is 442 g/mol. The number of nitrogens with zero attached hydrogens (tertiary/aromatic N) is 1. The van der Waals surface area contributed by atoms with Crippen molar-refractivity contribution in [3.63, 3.8) is 0 Å². The van der Waals surface area contributed by atoms with Gasteiger partial charge in [0.25, 0.3) is 5.91 Å². The average Bonchev–Trinajstić information content (AvgIpc) is 3.27. The maximum atomic E-state index is 13.6. The highest BCUT2D eigenvalue weighted by molar-refractivity contribution is 7.09. The zero-order chi connectivity index (χ0) is 21.9.